The van der Waals surface area contributed by atoms with Gasteiger partial charge in [-0.2, -0.15) is 0 Å². The van der Waals surface area contributed by atoms with Crippen LogP contribution < -0.4 is 0 Å². The van der Waals surface area contributed by atoms with Gasteiger partial charge in [-0.3, -0.25) is 4.79 Å². The van der Waals surface area contributed by atoms with E-state index in [1.165, 1.54) is 17.0 Å². The van der Waals surface area contributed by atoms with E-state index in [-0.39, 0.29) is 31.5 Å². The van der Waals surface area contributed by atoms with Crippen LogP contribution in [-0.4, -0.2) is 52.3 Å². The second-order valence-electron chi connectivity index (χ2n) is 4.51. The van der Waals surface area contributed by atoms with Crippen molar-refractivity contribution < 1.29 is 19.4 Å². The van der Waals surface area contributed by atoms with Gasteiger partial charge in [0, 0.05) is 30.6 Å². The highest BCUT2D eigenvalue weighted by Gasteiger charge is 2.17. The minimum Gasteiger partial charge on any atom is -0.396 e. The van der Waals surface area contributed by atoms with E-state index in [4.69, 9.17) is 10.2 Å². The molecule has 0 radical (unpaired) electrons. The summed E-state index contributed by atoms with van der Waals surface area (Å²) >= 11 is 0. The molecule has 0 spiro atoms. The van der Waals surface area contributed by atoms with E-state index in [1.807, 2.05) is 0 Å². The number of aromatic nitrogens is 1. The number of carbonyl (C=O) groups excluding carboxylic acids is 1. The molecule has 2 aromatic rings. The van der Waals surface area contributed by atoms with Crippen molar-refractivity contribution in [1.29, 1.82) is 0 Å². The van der Waals surface area contributed by atoms with Crippen molar-refractivity contribution in [2.24, 2.45) is 0 Å². The summed E-state index contributed by atoms with van der Waals surface area (Å²) in [7, 11) is 0. The van der Waals surface area contributed by atoms with Crippen LogP contribution in [0.25, 0.3) is 10.9 Å². The van der Waals surface area contributed by atoms with Crippen molar-refractivity contribution in [1.82, 2.24) is 9.88 Å². The number of rotatable bonds is 6. The SMILES string of the molecule is O=C(c1cc2cc(F)ccc2[nH]1)N(CCO)CCCO. The minimum absolute atomic E-state index is 0.0207. The summed E-state index contributed by atoms with van der Waals surface area (Å²) in [6.07, 6.45) is 0.445. The number of aliphatic hydroxyl groups is 2. The fourth-order valence-electron chi connectivity index (χ4n) is 2.09. The number of benzene rings is 1. The predicted octanol–water partition coefficient (Wildman–Crippen LogP) is 1.12. The lowest BCUT2D eigenvalue weighted by molar-refractivity contribution is 0.0705. The Morgan fingerprint density at radius 1 is 1.20 bits per heavy atom. The number of fused-ring (bicyclic) bond motifs is 1. The van der Waals surface area contributed by atoms with Crippen molar-refractivity contribution in [3.05, 3.63) is 35.8 Å². The molecule has 108 valence electrons. The van der Waals surface area contributed by atoms with Crippen LogP contribution in [0.1, 0.15) is 16.9 Å². The molecule has 1 aromatic heterocycles. The van der Waals surface area contributed by atoms with Gasteiger partial charge < -0.3 is 20.1 Å². The molecule has 3 N–H and O–H groups in total. The monoisotopic (exact) mass is 280 g/mol. The Morgan fingerprint density at radius 3 is 2.70 bits per heavy atom. The summed E-state index contributed by atoms with van der Waals surface area (Å²) in [5, 5.41) is 18.4. The van der Waals surface area contributed by atoms with E-state index in [0.717, 1.165) is 0 Å². The van der Waals surface area contributed by atoms with E-state index in [1.54, 1.807) is 12.1 Å². The smallest absolute Gasteiger partial charge is 0.270 e. The summed E-state index contributed by atoms with van der Waals surface area (Å²) in [4.78, 5) is 16.7. The first-order chi connectivity index (χ1) is 9.65. The molecule has 0 aliphatic rings. The molecule has 2 rings (SSSR count). The van der Waals surface area contributed by atoms with Crippen molar-refractivity contribution in [2.45, 2.75) is 6.42 Å². The summed E-state index contributed by atoms with van der Waals surface area (Å²) in [6, 6.07) is 5.84. The second-order valence-corrected chi connectivity index (χ2v) is 4.51. The Balaban J connectivity index is 2.23. The average Bonchev–Trinajstić information content (AvgIpc) is 2.85. The van der Waals surface area contributed by atoms with E-state index in [9.17, 15) is 9.18 Å². The topological polar surface area (TPSA) is 76.6 Å². The second kappa shape index (κ2) is 6.49. The van der Waals surface area contributed by atoms with E-state index >= 15 is 0 Å². The minimum atomic E-state index is -0.358. The number of aromatic amines is 1. The van der Waals surface area contributed by atoms with Crippen LogP contribution in [0.15, 0.2) is 24.3 Å². The molecule has 0 aliphatic heterocycles. The number of nitrogens with one attached hydrogen (secondary N) is 1. The first kappa shape index (κ1) is 14.5. The highest BCUT2D eigenvalue weighted by atomic mass is 19.1. The molecule has 6 heteroatoms. The summed E-state index contributed by atoms with van der Waals surface area (Å²) in [5.74, 6) is -0.632. The first-order valence-corrected chi connectivity index (χ1v) is 6.45. The number of aliphatic hydroxyl groups excluding tert-OH is 2. The Labute approximate surface area is 115 Å². The van der Waals surface area contributed by atoms with E-state index < -0.39 is 0 Å². The number of amides is 1. The highest BCUT2D eigenvalue weighted by molar-refractivity contribution is 5.98. The van der Waals surface area contributed by atoms with Gasteiger partial charge in [-0.15, -0.1) is 0 Å². The van der Waals surface area contributed by atoms with Crippen LogP contribution in [0.5, 0.6) is 0 Å². The molecule has 0 saturated heterocycles. The van der Waals surface area contributed by atoms with Gasteiger partial charge in [0.15, 0.2) is 0 Å². The molecule has 1 amide bonds. The van der Waals surface area contributed by atoms with Crippen LogP contribution in [0, 0.1) is 5.82 Å². The maximum atomic E-state index is 13.1. The van der Waals surface area contributed by atoms with Crippen LogP contribution >= 0.6 is 0 Å². The fraction of sp³-hybridized carbons (Fsp3) is 0.357. The third-order valence-corrected chi connectivity index (χ3v) is 3.06. The molecule has 1 aromatic carbocycles. The Kier molecular flexibility index (Phi) is 4.70. The van der Waals surface area contributed by atoms with Gasteiger partial charge in [-0.05, 0) is 30.7 Å². The van der Waals surface area contributed by atoms with Crippen LogP contribution in [-0.2, 0) is 0 Å². The standard InChI is InChI=1S/C14H17FN2O3/c15-11-2-3-12-10(8-11)9-13(16-12)14(20)17(5-7-19)4-1-6-18/h2-3,8-9,16,18-19H,1,4-7H2. The highest BCUT2D eigenvalue weighted by Crippen LogP contribution is 2.17. The van der Waals surface area contributed by atoms with Gasteiger partial charge in [-0.1, -0.05) is 0 Å². The van der Waals surface area contributed by atoms with Gasteiger partial charge in [0.2, 0.25) is 0 Å². The Morgan fingerprint density at radius 2 is 2.00 bits per heavy atom. The molecule has 20 heavy (non-hydrogen) atoms. The molecule has 0 fully saturated rings. The molecule has 0 saturated carbocycles. The largest absolute Gasteiger partial charge is 0.396 e. The molecule has 0 aliphatic carbocycles. The zero-order chi connectivity index (χ0) is 14.5. The maximum absolute atomic E-state index is 13.1. The van der Waals surface area contributed by atoms with E-state index in [2.05, 4.69) is 4.98 Å². The number of hydrogen-bond donors (Lipinski definition) is 3. The summed E-state index contributed by atoms with van der Waals surface area (Å²) in [5.41, 5.74) is 1.03. The van der Waals surface area contributed by atoms with Crippen LogP contribution in [0.4, 0.5) is 4.39 Å². The van der Waals surface area contributed by atoms with Gasteiger partial charge >= 0.3 is 0 Å². The maximum Gasteiger partial charge on any atom is 0.270 e. The third kappa shape index (κ3) is 3.15. The number of nitrogens with zero attached hydrogens (tertiary/aromatic N) is 1. The van der Waals surface area contributed by atoms with Crippen LogP contribution in [0.3, 0.4) is 0 Å². The lowest BCUT2D eigenvalue weighted by atomic mass is 10.2. The molecule has 0 unspecified atom stereocenters. The lowest BCUT2D eigenvalue weighted by Gasteiger charge is -2.20. The van der Waals surface area contributed by atoms with Crippen molar-refractivity contribution in [3.8, 4) is 0 Å². The molecule has 5 nitrogen and oxygen atoms in total. The van der Waals surface area contributed by atoms with Crippen molar-refractivity contribution >= 4 is 16.8 Å². The van der Waals surface area contributed by atoms with E-state index in [0.29, 0.717) is 29.6 Å². The number of H-pyrrole nitrogens is 1. The predicted molar refractivity (Wildman–Crippen MR) is 72.9 cm³/mol. The Bertz CT molecular complexity index is 597. The number of hydrogen-bond acceptors (Lipinski definition) is 3. The molecule has 1 heterocycles. The zero-order valence-corrected chi connectivity index (χ0v) is 11.0. The first-order valence-electron chi connectivity index (χ1n) is 6.45. The van der Waals surface area contributed by atoms with Gasteiger partial charge in [0.1, 0.15) is 11.5 Å². The molecular formula is C14H17FN2O3. The van der Waals surface area contributed by atoms with Crippen molar-refractivity contribution in [3.63, 3.8) is 0 Å². The molecule has 0 bridgehead atoms. The zero-order valence-electron chi connectivity index (χ0n) is 11.0. The normalized spacial score (nSPS) is 10.9. The summed E-state index contributed by atoms with van der Waals surface area (Å²) in [6.45, 7) is 0.390. The van der Waals surface area contributed by atoms with Crippen LogP contribution in [0.2, 0.25) is 0 Å². The van der Waals surface area contributed by atoms with Gasteiger partial charge in [0.25, 0.3) is 5.91 Å². The third-order valence-electron chi connectivity index (χ3n) is 3.06. The Hall–Kier alpha value is -1.92. The van der Waals surface area contributed by atoms with Gasteiger partial charge in [0.05, 0.1) is 6.61 Å². The summed E-state index contributed by atoms with van der Waals surface area (Å²) < 4.78 is 13.1. The van der Waals surface area contributed by atoms with Gasteiger partial charge in [-0.25, -0.2) is 4.39 Å². The lowest BCUT2D eigenvalue weighted by Crippen LogP contribution is -2.35. The van der Waals surface area contributed by atoms with Crippen molar-refractivity contribution in [2.75, 3.05) is 26.3 Å². The fourth-order valence-corrected chi connectivity index (χ4v) is 2.09. The number of halogens is 1. The quantitative estimate of drug-likeness (QED) is 0.742. The number of carbonyl (C=O) groups is 1. The molecule has 0 atom stereocenters. The molecular weight excluding hydrogens is 263 g/mol. The average molecular weight is 280 g/mol.